The van der Waals surface area contributed by atoms with Crippen molar-refractivity contribution in [2.75, 3.05) is 6.54 Å². The lowest BCUT2D eigenvalue weighted by Gasteiger charge is -2.47. The summed E-state index contributed by atoms with van der Waals surface area (Å²) in [7, 11) is 0. The van der Waals surface area contributed by atoms with Crippen LogP contribution >= 0.6 is 0 Å². The molecular weight excluding hydrogens is 134 g/mol. The third kappa shape index (κ3) is 1.10. The van der Waals surface area contributed by atoms with Crippen LogP contribution in [0.4, 0.5) is 0 Å². The van der Waals surface area contributed by atoms with Crippen LogP contribution in [0, 0.1) is 16.7 Å². The first-order valence-electron chi connectivity index (χ1n) is 4.78. The van der Waals surface area contributed by atoms with Crippen molar-refractivity contribution in [1.82, 2.24) is 0 Å². The van der Waals surface area contributed by atoms with Crippen LogP contribution in [0.3, 0.4) is 0 Å². The van der Waals surface area contributed by atoms with Crippen LogP contribution in [0.1, 0.15) is 39.5 Å². The molecule has 0 aromatic rings. The zero-order valence-electron chi connectivity index (χ0n) is 7.69. The van der Waals surface area contributed by atoms with Crippen molar-refractivity contribution in [3.8, 4) is 0 Å². The van der Waals surface area contributed by atoms with Gasteiger partial charge in [0.2, 0.25) is 0 Å². The molecule has 0 amide bonds. The van der Waals surface area contributed by atoms with Gasteiger partial charge in [0.05, 0.1) is 0 Å². The maximum atomic E-state index is 5.77. The summed E-state index contributed by atoms with van der Waals surface area (Å²) >= 11 is 0. The minimum Gasteiger partial charge on any atom is -0.330 e. The molecule has 0 unspecified atom stereocenters. The first-order valence-corrected chi connectivity index (χ1v) is 4.78. The highest BCUT2D eigenvalue weighted by molar-refractivity contribution is 5.05. The molecule has 0 atom stereocenters. The lowest BCUT2D eigenvalue weighted by Crippen LogP contribution is -2.40. The van der Waals surface area contributed by atoms with Crippen LogP contribution in [0.15, 0.2) is 0 Å². The fraction of sp³-hybridized carbons (Fsp3) is 1.00. The van der Waals surface area contributed by atoms with Crippen molar-refractivity contribution >= 4 is 0 Å². The number of hydrogen-bond acceptors (Lipinski definition) is 1. The van der Waals surface area contributed by atoms with Crippen molar-refractivity contribution in [1.29, 1.82) is 0 Å². The minimum absolute atomic E-state index is 0.621. The molecule has 0 aromatic heterocycles. The highest BCUT2D eigenvalue weighted by Gasteiger charge is 2.54. The lowest BCUT2D eigenvalue weighted by molar-refractivity contribution is 0.0405. The molecular formula is C10H19N. The molecule has 0 spiro atoms. The summed E-state index contributed by atoms with van der Waals surface area (Å²) in [5, 5.41) is 0. The standard InChI is InChI=1S/C10H19N/c1-9(2)5-8(6-9)10(7-11)3-4-10/h8H,3-7,11H2,1-2H3. The van der Waals surface area contributed by atoms with Crippen LogP contribution < -0.4 is 5.73 Å². The third-order valence-corrected chi connectivity index (χ3v) is 3.76. The fourth-order valence-corrected chi connectivity index (χ4v) is 2.65. The van der Waals surface area contributed by atoms with Crippen LogP contribution in [-0.4, -0.2) is 6.54 Å². The molecule has 1 nitrogen and oxygen atoms in total. The van der Waals surface area contributed by atoms with E-state index < -0.39 is 0 Å². The van der Waals surface area contributed by atoms with Crippen molar-refractivity contribution in [3.63, 3.8) is 0 Å². The second kappa shape index (κ2) is 2.01. The van der Waals surface area contributed by atoms with E-state index in [0.717, 1.165) is 12.5 Å². The minimum atomic E-state index is 0.621. The van der Waals surface area contributed by atoms with E-state index in [4.69, 9.17) is 5.73 Å². The zero-order valence-corrected chi connectivity index (χ0v) is 7.69. The molecule has 0 bridgehead atoms. The number of nitrogens with two attached hydrogens (primary N) is 1. The van der Waals surface area contributed by atoms with Crippen molar-refractivity contribution in [2.24, 2.45) is 22.5 Å². The van der Waals surface area contributed by atoms with Gasteiger partial charge in [0, 0.05) is 0 Å². The maximum Gasteiger partial charge on any atom is -0.00179 e. The van der Waals surface area contributed by atoms with Crippen LogP contribution in [0.2, 0.25) is 0 Å². The topological polar surface area (TPSA) is 26.0 Å². The monoisotopic (exact) mass is 153 g/mol. The Morgan fingerprint density at radius 2 is 1.82 bits per heavy atom. The number of rotatable bonds is 2. The normalized spacial score (nSPS) is 33.0. The molecule has 0 radical (unpaired) electrons. The molecule has 64 valence electrons. The maximum absolute atomic E-state index is 5.77. The van der Waals surface area contributed by atoms with E-state index in [2.05, 4.69) is 13.8 Å². The summed E-state index contributed by atoms with van der Waals surface area (Å²) < 4.78 is 0. The Bertz CT molecular complexity index is 160. The van der Waals surface area contributed by atoms with Gasteiger partial charge in [-0.05, 0) is 49.0 Å². The smallest absolute Gasteiger partial charge is 0.00179 e. The van der Waals surface area contributed by atoms with Crippen LogP contribution in [0.5, 0.6) is 0 Å². The van der Waals surface area contributed by atoms with E-state index in [9.17, 15) is 0 Å². The lowest BCUT2D eigenvalue weighted by atomic mass is 9.59. The summed E-state index contributed by atoms with van der Waals surface area (Å²) in [5.41, 5.74) is 7.02. The number of hydrogen-bond donors (Lipinski definition) is 1. The molecule has 2 aliphatic carbocycles. The predicted octanol–water partition coefficient (Wildman–Crippen LogP) is 2.16. The van der Waals surface area contributed by atoms with Crippen molar-refractivity contribution in [2.45, 2.75) is 39.5 Å². The van der Waals surface area contributed by atoms with E-state index in [1.165, 1.54) is 25.7 Å². The molecule has 2 aliphatic rings. The van der Waals surface area contributed by atoms with Gasteiger partial charge in [-0.2, -0.15) is 0 Å². The molecule has 0 saturated heterocycles. The molecule has 0 aromatic carbocycles. The van der Waals surface area contributed by atoms with E-state index in [-0.39, 0.29) is 0 Å². The van der Waals surface area contributed by atoms with Gasteiger partial charge >= 0.3 is 0 Å². The molecule has 2 fully saturated rings. The first-order chi connectivity index (χ1) is 5.08. The summed E-state index contributed by atoms with van der Waals surface area (Å²) in [6, 6.07) is 0. The van der Waals surface area contributed by atoms with E-state index in [1.807, 2.05) is 0 Å². The highest BCUT2D eigenvalue weighted by atomic mass is 14.7. The zero-order chi connectivity index (χ0) is 8.11. The molecule has 11 heavy (non-hydrogen) atoms. The molecule has 2 N–H and O–H groups in total. The van der Waals surface area contributed by atoms with E-state index in [0.29, 0.717) is 10.8 Å². The molecule has 2 rings (SSSR count). The molecule has 0 heterocycles. The molecule has 2 saturated carbocycles. The Balaban J connectivity index is 1.91. The van der Waals surface area contributed by atoms with Crippen molar-refractivity contribution in [3.05, 3.63) is 0 Å². The van der Waals surface area contributed by atoms with Crippen molar-refractivity contribution < 1.29 is 0 Å². The summed E-state index contributed by atoms with van der Waals surface area (Å²) in [6.07, 6.45) is 5.66. The quantitative estimate of drug-likeness (QED) is 0.646. The highest BCUT2D eigenvalue weighted by Crippen LogP contribution is 2.62. The predicted molar refractivity (Wildman–Crippen MR) is 47.2 cm³/mol. The summed E-state index contributed by atoms with van der Waals surface area (Å²) in [4.78, 5) is 0. The van der Waals surface area contributed by atoms with E-state index >= 15 is 0 Å². The fourth-order valence-electron chi connectivity index (χ4n) is 2.65. The Kier molecular flexibility index (Phi) is 1.39. The van der Waals surface area contributed by atoms with Crippen LogP contribution in [-0.2, 0) is 0 Å². The SMILES string of the molecule is CC1(C)CC(C2(CN)CC2)C1. The van der Waals surface area contributed by atoms with Gasteiger partial charge in [0.25, 0.3) is 0 Å². The molecule has 1 heteroatoms. The van der Waals surface area contributed by atoms with E-state index in [1.54, 1.807) is 0 Å². The second-order valence-electron chi connectivity index (χ2n) is 5.34. The van der Waals surface area contributed by atoms with Gasteiger partial charge in [-0.25, -0.2) is 0 Å². The average Bonchev–Trinajstić information content (AvgIpc) is 2.62. The van der Waals surface area contributed by atoms with Gasteiger partial charge in [-0.15, -0.1) is 0 Å². The Morgan fingerprint density at radius 3 is 2.09 bits per heavy atom. The summed E-state index contributed by atoms with van der Waals surface area (Å²) in [5.74, 6) is 0.975. The average molecular weight is 153 g/mol. The van der Waals surface area contributed by atoms with Gasteiger partial charge in [0.1, 0.15) is 0 Å². The molecule has 0 aliphatic heterocycles. The van der Waals surface area contributed by atoms with Gasteiger partial charge in [-0.3, -0.25) is 0 Å². The summed E-state index contributed by atoms with van der Waals surface area (Å²) in [6.45, 7) is 5.68. The largest absolute Gasteiger partial charge is 0.330 e. The Labute approximate surface area is 69.4 Å². The third-order valence-electron chi connectivity index (χ3n) is 3.76. The Hall–Kier alpha value is -0.0400. The van der Waals surface area contributed by atoms with Crippen LogP contribution in [0.25, 0.3) is 0 Å². The Morgan fingerprint density at radius 1 is 1.27 bits per heavy atom. The van der Waals surface area contributed by atoms with Gasteiger partial charge in [-0.1, -0.05) is 13.8 Å². The second-order valence-corrected chi connectivity index (χ2v) is 5.34. The van der Waals surface area contributed by atoms with Gasteiger partial charge in [0.15, 0.2) is 0 Å². The van der Waals surface area contributed by atoms with Gasteiger partial charge < -0.3 is 5.73 Å². The first kappa shape index (κ1) is 7.60.